The van der Waals surface area contributed by atoms with Crippen molar-refractivity contribution >= 4 is 0 Å². The maximum Gasteiger partial charge on any atom is 0.166 e. The summed E-state index contributed by atoms with van der Waals surface area (Å²) in [5.74, 6) is -0.442. The number of hydrogen-bond donors (Lipinski definition) is 1. The molecule has 0 amide bonds. The molecule has 0 radical (unpaired) electrons. The summed E-state index contributed by atoms with van der Waals surface area (Å²) in [5, 5.41) is 8.76. The van der Waals surface area contributed by atoms with Gasteiger partial charge < -0.3 is 14.6 Å². The van der Waals surface area contributed by atoms with Crippen LogP contribution in [-0.4, -0.2) is 30.2 Å². The van der Waals surface area contributed by atoms with Gasteiger partial charge in [0.1, 0.15) is 6.10 Å². The van der Waals surface area contributed by atoms with Crippen molar-refractivity contribution in [3.8, 4) is 0 Å². The van der Waals surface area contributed by atoms with Gasteiger partial charge >= 0.3 is 0 Å². The van der Waals surface area contributed by atoms with Crippen LogP contribution in [0, 0.1) is 0 Å². The third kappa shape index (κ3) is 2.15. The molecule has 1 N–H and O–H groups in total. The van der Waals surface area contributed by atoms with Gasteiger partial charge in [-0.05, 0) is 6.92 Å². The molecular formula is C8H16O3. The fraction of sp³-hybridized carbons (Fsp3) is 1.00. The molecule has 0 saturated carbocycles. The molecule has 0 unspecified atom stereocenters. The van der Waals surface area contributed by atoms with E-state index in [1.54, 1.807) is 0 Å². The van der Waals surface area contributed by atoms with E-state index in [2.05, 4.69) is 6.92 Å². The van der Waals surface area contributed by atoms with Crippen LogP contribution in [0.3, 0.4) is 0 Å². The Morgan fingerprint density at radius 1 is 1.64 bits per heavy atom. The predicted octanol–water partition coefficient (Wildman–Crippen LogP) is 0.910. The normalized spacial score (nSPS) is 37.9. The Morgan fingerprint density at radius 2 is 2.36 bits per heavy atom. The van der Waals surface area contributed by atoms with E-state index in [9.17, 15) is 0 Å². The minimum atomic E-state index is -0.442. The summed E-state index contributed by atoms with van der Waals surface area (Å²) >= 11 is 0. The van der Waals surface area contributed by atoms with Gasteiger partial charge in [-0.2, -0.15) is 0 Å². The van der Waals surface area contributed by atoms with Gasteiger partial charge in [-0.1, -0.05) is 13.3 Å². The van der Waals surface area contributed by atoms with Crippen LogP contribution < -0.4 is 0 Å². The van der Waals surface area contributed by atoms with Crippen LogP contribution in [0.25, 0.3) is 0 Å². The molecule has 1 aliphatic heterocycles. The van der Waals surface area contributed by atoms with Crippen LogP contribution in [0.1, 0.15) is 26.7 Å². The lowest BCUT2D eigenvalue weighted by molar-refractivity contribution is -0.161. The fourth-order valence-corrected chi connectivity index (χ4v) is 1.37. The van der Waals surface area contributed by atoms with Crippen LogP contribution >= 0.6 is 0 Å². The maximum atomic E-state index is 8.76. The Hall–Kier alpha value is -0.120. The van der Waals surface area contributed by atoms with Crippen molar-refractivity contribution in [1.29, 1.82) is 0 Å². The van der Waals surface area contributed by atoms with E-state index in [0.717, 1.165) is 12.8 Å². The summed E-state index contributed by atoms with van der Waals surface area (Å²) in [6.45, 7) is 4.59. The molecule has 1 rings (SSSR count). The van der Waals surface area contributed by atoms with E-state index in [4.69, 9.17) is 14.6 Å². The lowest BCUT2D eigenvalue weighted by atomic mass is 10.2. The van der Waals surface area contributed by atoms with Gasteiger partial charge in [-0.3, -0.25) is 0 Å². The van der Waals surface area contributed by atoms with Crippen molar-refractivity contribution in [1.82, 2.24) is 0 Å². The van der Waals surface area contributed by atoms with E-state index in [-0.39, 0.29) is 12.7 Å². The second-order valence-electron chi connectivity index (χ2n) is 3.12. The second-order valence-corrected chi connectivity index (χ2v) is 3.12. The van der Waals surface area contributed by atoms with Crippen molar-refractivity contribution in [2.24, 2.45) is 0 Å². The molecule has 1 heterocycles. The predicted molar refractivity (Wildman–Crippen MR) is 41.2 cm³/mol. The average Bonchev–Trinajstić information content (AvgIpc) is 2.33. The highest BCUT2D eigenvalue weighted by Gasteiger charge is 2.35. The quantitative estimate of drug-likeness (QED) is 0.667. The standard InChI is InChI=1S/C8H16O3/c1-3-4-8(2)10-6-7(5-9)11-8/h7,9H,3-6H2,1-2H3/t7-,8-/m0/s1. The molecule has 0 aromatic carbocycles. The van der Waals surface area contributed by atoms with Crippen LogP contribution in [0.4, 0.5) is 0 Å². The molecule has 3 heteroatoms. The first-order chi connectivity index (χ1) is 5.20. The molecule has 3 nitrogen and oxygen atoms in total. The highest BCUT2D eigenvalue weighted by molar-refractivity contribution is 4.73. The molecule has 0 spiro atoms. The van der Waals surface area contributed by atoms with Gasteiger partial charge in [0.15, 0.2) is 5.79 Å². The molecule has 2 atom stereocenters. The second kappa shape index (κ2) is 3.52. The van der Waals surface area contributed by atoms with Crippen molar-refractivity contribution in [3.05, 3.63) is 0 Å². The van der Waals surface area contributed by atoms with Crippen molar-refractivity contribution in [3.63, 3.8) is 0 Å². The minimum Gasteiger partial charge on any atom is -0.394 e. The Labute approximate surface area is 67.3 Å². The molecule has 0 aliphatic carbocycles. The van der Waals surface area contributed by atoms with Gasteiger partial charge in [0.05, 0.1) is 13.2 Å². The molecule has 1 aliphatic rings. The molecule has 1 saturated heterocycles. The molecular weight excluding hydrogens is 144 g/mol. The zero-order valence-electron chi connectivity index (χ0n) is 7.17. The Morgan fingerprint density at radius 3 is 2.82 bits per heavy atom. The molecule has 11 heavy (non-hydrogen) atoms. The molecule has 66 valence electrons. The van der Waals surface area contributed by atoms with E-state index >= 15 is 0 Å². The lowest BCUT2D eigenvalue weighted by Crippen LogP contribution is -2.27. The summed E-state index contributed by atoms with van der Waals surface area (Å²) in [7, 11) is 0. The van der Waals surface area contributed by atoms with Gasteiger partial charge in [-0.15, -0.1) is 0 Å². The number of aliphatic hydroxyl groups excluding tert-OH is 1. The zero-order valence-corrected chi connectivity index (χ0v) is 7.17. The summed E-state index contributed by atoms with van der Waals surface area (Å²) in [4.78, 5) is 0. The number of aliphatic hydroxyl groups is 1. The third-order valence-electron chi connectivity index (χ3n) is 1.90. The van der Waals surface area contributed by atoms with E-state index in [0.29, 0.717) is 6.61 Å². The largest absolute Gasteiger partial charge is 0.394 e. The number of rotatable bonds is 3. The Balaban J connectivity index is 2.37. The van der Waals surface area contributed by atoms with Crippen molar-refractivity contribution < 1.29 is 14.6 Å². The van der Waals surface area contributed by atoms with Crippen LogP contribution in [0.2, 0.25) is 0 Å². The third-order valence-corrected chi connectivity index (χ3v) is 1.90. The summed E-state index contributed by atoms with van der Waals surface area (Å²) in [6.07, 6.45) is 1.81. The fourth-order valence-electron chi connectivity index (χ4n) is 1.37. The monoisotopic (exact) mass is 160 g/mol. The molecule has 0 aromatic rings. The highest BCUT2D eigenvalue weighted by atomic mass is 16.7. The summed E-state index contributed by atoms with van der Waals surface area (Å²) in [5.41, 5.74) is 0. The van der Waals surface area contributed by atoms with Crippen molar-refractivity contribution in [2.45, 2.75) is 38.6 Å². The SMILES string of the molecule is CCC[C@@]1(C)OC[C@H](CO)O1. The highest BCUT2D eigenvalue weighted by Crippen LogP contribution is 2.27. The van der Waals surface area contributed by atoms with Gasteiger partial charge in [0.2, 0.25) is 0 Å². The van der Waals surface area contributed by atoms with Crippen molar-refractivity contribution in [2.75, 3.05) is 13.2 Å². The zero-order chi connectivity index (χ0) is 8.32. The first-order valence-corrected chi connectivity index (χ1v) is 4.13. The maximum absolute atomic E-state index is 8.76. The molecule has 1 fully saturated rings. The molecule has 0 bridgehead atoms. The Kier molecular flexibility index (Phi) is 2.87. The van der Waals surface area contributed by atoms with Gasteiger partial charge in [0.25, 0.3) is 0 Å². The average molecular weight is 160 g/mol. The lowest BCUT2D eigenvalue weighted by Gasteiger charge is -2.21. The topological polar surface area (TPSA) is 38.7 Å². The van der Waals surface area contributed by atoms with Crippen LogP contribution in [0.5, 0.6) is 0 Å². The van der Waals surface area contributed by atoms with E-state index < -0.39 is 5.79 Å². The minimum absolute atomic E-state index is 0.0549. The van der Waals surface area contributed by atoms with E-state index in [1.807, 2.05) is 6.92 Å². The smallest absolute Gasteiger partial charge is 0.166 e. The van der Waals surface area contributed by atoms with Crippen LogP contribution in [0.15, 0.2) is 0 Å². The van der Waals surface area contributed by atoms with E-state index in [1.165, 1.54) is 0 Å². The first-order valence-electron chi connectivity index (χ1n) is 4.13. The summed E-state index contributed by atoms with van der Waals surface area (Å²) < 4.78 is 10.9. The summed E-state index contributed by atoms with van der Waals surface area (Å²) in [6, 6.07) is 0. The Bertz CT molecular complexity index is 127. The first kappa shape index (κ1) is 8.97. The number of hydrogen-bond acceptors (Lipinski definition) is 3. The van der Waals surface area contributed by atoms with Gasteiger partial charge in [-0.25, -0.2) is 0 Å². The van der Waals surface area contributed by atoms with Gasteiger partial charge in [0, 0.05) is 6.42 Å². The molecule has 0 aromatic heterocycles. The van der Waals surface area contributed by atoms with Crippen LogP contribution in [-0.2, 0) is 9.47 Å². The number of ether oxygens (including phenoxy) is 2.